The molecule has 7 nitrogen and oxygen atoms in total. The fourth-order valence-corrected chi connectivity index (χ4v) is 3.81. The molecule has 1 amide bonds. The second-order valence-corrected chi connectivity index (χ2v) is 7.10. The Balaban J connectivity index is 1.47. The third-order valence-corrected chi connectivity index (χ3v) is 5.25. The quantitative estimate of drug-likeness (QED) is 0.710. The number of furan rings is 1. The molecule has 0 bridgehead atoms. The van der Waals surface area contributed by atoms with Crippen LogP contribution in [0.3, 0.4) is 0 Å². The molecule has 1 aromatic carbocycles. The van der Waals surface area contributed by atoms with Crippen LogP contribution in [0.5, 0.6) is 0 Å². The van der Waals surface area contributed by atoms with Crippen LogP contribution in [0, 0.1) is 0 Å². The molecule has 1 fully saturated rings. The number of benzene rings is 1. The van der Waals surface area contributed by atoms with Gasteiger partial charge in [0, 0.05) is 6.54 Å². The molecule has 0 spiro atoms. The lowest BCUT2D eigenvalue weighted by atomic mass is 10.1. The van der Waals surface area contributed by atoms with Crippen LogP contribution in [-0.4, -0.2) is 40.0 Å². The van der Waals surface area contributed by atoms with Gasteiger partial charge in [0.05, 0.1) is 29.5 Å². The Morgan fingerprint density at radius 1 is 1.14 bits per heavy atom. The van der Waals surface area contributed by atoms with Crippen LogP contribution >= 0.6 is 0 Å². The molecule has 3 aromatic rings. The van der Waals surface area contributed by atoms with E-state index in [9.17, 15) is 9.59 Å². The fourth-order valence-electron chi connectivity index (χ4n) is 3.81. The molecule has 2 aromatic heterocycles. The summed E-state index contributed by atoms with van der Waals surface area (Å²) in [5, 5.41) is 2.99. The minimum absolute atomic E-state index is 0.00477. The molecule has 28 heavy (non-hydrogen) atoms. The molecule has 0 aliphatic carbocycles. The van der Waals surface area contributed by atoms with Crippen molar-refractivity contribution in [3.8, 4) is 0 Å². The van der Waals surface area contributed by atoms with Gasteiger partial charge in [-0.3, -0.25) is 19.1 Å². The smallest absolute Gasteiger partial charge is 0.269 e. The van der Waals surface area contributed by atoms with Crippen molar-refractivity contribution in [3.05, 3.63) is 65.0 Å². The van der Waals surface area contributed by atoms with Crippen molar-refractivity contribution in [2.24, 2.45) is 0 Å². The topological polar surface area (TPSA) is 80.4 Å². The highest BCUT2D eigenvalue weighted by Crippen LogP contribution is 2.24. The van der Waals surface area contributed by atoms with Crippen LogP contribution in [0.15, 0.2) is 58.1 Å². The number of hydrogen-bond donors (Lipinski definition) is 1. The number of aromatic nitrogens is 2. The standard InChI is InChI=1S/C21H24N4O3/c26-20(15-25-17-8-3-2-7-16(17)22-14-21(25)27)23-13-18(19-9-6-12-28-19)24-10-4-1-5-11-24/h2-3,6-9,12,14,18H,1,4-5,10-11,13,15H2,(H,23,26)/t18-/m0/s1. The Kier molecular flexibility index (Phi) is 5.53. The van der Waals surface area contributed by atoms with E-state index in [-0.39, 0.29) is 24.1 Å². The molecule has 0 radical (unpaired) electrons. The second kappa shape index (κ2) is 8.39. The van der Waals surface area contributed by atoms with E-state index in [4.69, 9.17) is 4.42 Å². The number of carbonyl (C=O) groups is 1. The normalized spacial score (nSPS) is 16.1. The van der Waals surface area contributed by atoms with Crippen LogP contribution in [0.4, 0.5) is 0 Å². The lowest BCUT2D eigenvalue weighted by molar-refractivity contribution is -0.122. The molecule has 146 valence electrons. The summed E-state index contributed by atoms with van der Waals surface area (Å²) in [7, 11) is 0. The number of nitrogens with zero attached hydrogens (tertiary/aromatic N) is 3. The Morgan fingerprint density at radius 3 is 2.75 bits per heavy atom. The van der Waals surface area contributed by atoms with Crippen LogP contribution in [0.2, 0.25) is 0 Å². The third kappa shape index (κ3) is 3.99. The number of piperidine rings is 1. The van der Waals surface area contributed by atoms with Gasteiger partial charge in [-0.15, -0.1) is 0 Å². The van der Waals surface area contributed by atoms with Gasteiger partial charge in [-0.25, -0.2) is 4.98 Å². The number of rotatable bonds is 6. The number of likely N-dealkylation sites (tertiary alicyclic amines) is 1. The van der Waals surface area contributed by atoms with E-state index in [0.29, 0.717) is 17.6 Å². The van der Waals surface area contributed by atoms with Gasteiger partial charge in [0.15, 0.2) is 0 Å². The predicted octanol–water partition coefficient (Wildman–Crippen LogP) is 2.33. The summed E-state index contributed by atoms with van der Waals surface area (Å²) in [6.07, 6.45) is 6.48. The largest absolute Gasteiger partial charge is 0.468 e. The molecule has 4 rings (SSSR count). The zero-order valence-electron chi connectivity index (χ0n) is 15.7. The summed E-state index contributed by atoms with van der Waals surface area (Å²) in [5.74, 6) is 0.653. The first-order valence-electron chi connectivity index (χ1n) is 9.71. The highest BCUT2D eigenvalue weighted by molar-refractivity contribution is 5.79. The maximum Gasteiger partial charge on any atom is 0.269 e. The average Bonchev–Trinajstić information content (AvgIpc) is 3.26. The third-order valence-electron chi connectivity index (χ3n) is 5.25. The van der Waals surface area contributed by atoms with Crippen LogP contribution in [0.1, 0.15) is 31.1 Å². The summed E-state index contributed by atoms with van der Waals surface area (Å²) in [4.78, 5) is 31.4. The molecule has 3 heterocycles. The number of carbonyl (C=O) groups excluding carboxylic acids is 1. The van der Waals surface area contributed by atoms with E-state index in [1.807, 2.05) is 30.3 Å². The Labute approximate surface area is 163 Å². The first kappa shape index (κ1) is 18.4. The van der Waals surface area contributed by atoms with Crippen molar-refractivity contribution in [2.45, 2.75) is 31.8 Å². The van der Waals surface area contributed by atoms with E-state index in [1.165, 1.54) is 17.2 Å². The van der Waals surface area contributed by atoms with Crippen LogP contribution in [-0.2, 0) is 11.3 Å². The molecule has 1 N–H and O–H groups in total. The van der Waals surface area contributed by atoms with Gasteiger partial charge >= 0.3 is 0 Å². The lowest BCUT2D eigenvalue weighted by Gasteiger charge is -2.33. The van der Waals surface area contributed by atoms with Gasteiger partial charge in [0.2, 0.25) is 5.91 Å². The molecule has 1 aliphatic heterocycles. The molecular weight excluding hydrogens is 356 g/mol. The molecular formula is C21H24N4O3. The maximum atomic E-state index is 12.6. The van der Waals surface area contributed by atoms with Crippen molar-refractivity contribution >= 4 is 16.9 Å². The molecule has 7 heteroatoms. The zero-order valence-corrected chi connectivity index (χ0v) is 15.7. The van der Waals surface area contributed by atoms with Gasteiger partial charge in [-0.05, 0) is 50.2 Å². The number of nitrogens with one attached hydrogen (secondary N) is 1. The number of fused-ring (bicyclic) bond motifs is 1. The Morgan fingerprint density at radius 2 is 1.96 bits per heavy atom. The van der Waals surface area contributed by atoms with Crippen molar-refractivity contribution in [3.63, 3.8) is 0 Å². The first-order chi connectivity index (χ1) is 13.7. The van der Waals surface area contributed by atoms with Gasteiger partial charge < -0.3 is 9.73 Å². The molecule has 0 saturated carbocycles. The van der Waals surface area contributed by atoms with Crippen molar-refractivity contribution in [2.75, 3.05) is 19.6 Å². The Bertz CT molecular complexity index is 990. The van der Waals surface area contributed by atoms with Gasteiger partial charge in [0.25, 0.3) is 5.56 Å². The fraction of sp³-hybridized carbons (Fsp3) is 0.381. The summed E-state index contributed by atoms with van der Waals surface area (Å²) in [5.41, 5.74) is 1.06. The minimum Gasteiger partial charge on any atom is -0.468 e. The summed E-state index contributed by atoms with van der Waals surface area (Å²) in [6, 6.07) is 11.1. The van der Waals surface area contributed by atoms with E-state index >= 15 is 0 Å². The van der Waals surface area contributed by atoms with E-state index in [0.717, 1.165) is 31.7 Å². The summed E-state index contributed by atoms with van der Waals surface area (Å²) in [6.45, 7) is 2.40. The molecule has 1 saturated heterocycles. The maximum absolute atomic E-state index is 12.6. The Hall–Kier alpha value is -2.93. The molecule has 1 atom stereocenters. The zero-order chi connectivity index (χ0) is 19.3. The van der Waals surface area contributed by atoms with Crippen molar-refractivity contribution < 1.29 is 9.21 Å². The highest BCUT2D eigenvalue weighted by atomic mass is 16.3. The second-order valence-electron chi connectivity index (χ2n) is 7.10. The SMILES string of the molecule is O=C(Cn1c(=O)cnc2ccccc21)NC[C@@H](c1ccco1)N1CCCCC1. The van der Waals surface area contributed by atoms with E-state index < -0.39 is 0 Å². The van der Waals surface area contributed by atoms with Crippen LogP contribution in [0.25, 0.3) is 11.0 Å². The average molecular weight is 380 g/mol. The van der Waals surface area contributed by atoms with E-state index in [1.54, 1.807) is 12.3 Å². The molecule has 1 aliphatic rings. The predicted molar refractivity (Wildman–Crippen MR) is 106 cm³/mol. The molecule has 0 unspecified atom stereocenters. The van der Waals surface area contributed by atoms with Gasteiger partial charge in [0.1, 0.15) is 12.3 Å². The van der Waals surface area contributed by atoms with Gasteiger partial charge in [-0.2, -0.15) is 0 Å². The van der Waals surface area contributed by atoms with Crippen molar-refractivity contribution in [1.82, 2.24) is 19.8 Å². The summed E-state index contributed by atoms with van der Waals surface area (Å²) >= 11 is 0. The van der Waals surface area contributed by atoms with Gasteiger partial charge in [-0.1, -0.05) is 18.6 Å². The van der Waals surface area contributed by atoms with Crippen LogP contribution < -0.4 is 10.9 Å². The number of amides is 1. The first-order valence-corrected chi connectivity index (χ1v) is 9.71. The lowest BCUT2D eigenvalue weighted by Crippen LogP contribution is -2.41. The van der Waals surface area contributed by atoms with Crippen molar-refractivity contribution in [1.29, 1.82) is 0 Å². The number of para-hydroxylation sites is 2. The highest BCUT2D eigenvalue weighted by Gasteiger charge is 2.25. The summed E-state index contributed by atoms with van der Waals surface area (Å²) < 4.78 is 7.08. The monoisotopic (exact) mass is 380 g/mol. The van der Waals surface area contributed by atoms with E-state index in [2.05, 4.69) is 15.2 Å². The minimum atomic E-state index is -0.285. The number of hydrogen-bond acceptors (Lipinski definition) is 5.